The Bertz CT molecular complexity index is 275. The van der Waals surface area contributed by atoms with E-state index in [4.69, 9.17) is 0 Å². The number of carbonyl (C=O) groups excluding carboxylic acids is 1. The van der Waals surface area contributed by atoms with Gasteiger partial charge in [0.25, 0.3) is 0 Å². The highest BCUT2D eigenvalue weighted by Gasteiger charge is 1.99. The van der Waals surface area contributed by atoms with Crippen molar-refractivity contribution in [3.63, 3.8) is 0 Å². The fraction of sp³-hybridized carbons (Fsp3) is 0. The molecule has 0 aliphatic carbocycles. The average Bonchev–Trinajstić information content (AvgIpc) is 2.09. The Hall–Kier alpha value is -0.850. The van der Waals surface area contributed by atoms with Crippen LogP contribution in [0.25, 0.3) is 0 Å². The van der Waals surface area contributed by atoms with E-state index < -0.39 is 6.09 Å². The van der Waals surface area contributed by atoms with Crippen LogP contribution in [0.2, 0.25) is 0 Å². The van der Waals surface area contributed by atoms with Gasteiger partial charge in [0.05, 0.1) is 0 Å². The van der Waals surface area contributed by atoms with E-state index in [1.807, 2.05) is 0 Å². The van der Waals surface area contributed by atoms with Crippen molar-refractivity contribution in [2.24, 2.45) is 0 Å². The highest BCUT2D eigenvalue weighted by atomic mass is 127. The summed E-state index contributed by atoms with van der Waals surface area (Å²) >= 11 is 1.46. The number of nitrogens with one attached hydrogen (secondary N) is 1. The molecule has 0 aromatic heterocycles. The van der Waals surface area contributed by atoms with Crippen LogP contribution in [0.3, 0.4) is 0 Å². The van der Waals surface area contributed by atoms with Gasteiger partial charge in [0.15, 0.2) is 23.0 Å². The number of hydrogen-bond donors (Lipinski definition) is 1. The van der Waals surface area contributed by atoms with Gasteiger partial charge in [-0.05, 0) is 24.3 Å². The minimum absolute atomic E-state index is 0.344. The van der Waals surface area contributed by atoms with Crippen molar-refractivity contribution < 1.29 is 12.3 Å². The maximum Gasteiger partial charge on any atom is 0.421 e. The molecular formula is C7H5FINO2. The number of benzene rings is 1. The monoisotopic (exact) mass is 281 g/mol. The lowest BCUT2D eigenvalue weighted by molar-refractivity contribution is 0.228. The molecule has 5 heteroatoms. The third kappa shape index (κ3) is 2.65. The van der Waals surface area contributed by atoms with E-state index in [2.05, 4.69) is 8.38 Å². The Kier molecular flexibility index (Phi) is 3.27. The molecule has 0 saturated heterocycles. The Labute approximate surface area is 82.6 Å². The maximum absolute atomic E-state index is 12.4. The van der Waals surface area contributed by atoms with Crippen LogP contribution in [0.1, 0.15) is 0 Å². The van der Waals surface area contributed by atoms with Gasteiger partial charge < -0.3 is 3.07 Å². The number of anilines is 1. The molecule has 0 saturated carbocycles. The minimum atomic E-state index is -0.581. The molecule has 0 atom stereocenters. The number of rotatable bonds is 1. The fourth-order valence-corrected chi connectivity index (χ4v) is 0.780. The molecule has 1 aromatic carbocycles. The van der Waals surface area contributed by atoms with E-state index in [1.54, 1.807) is 0 Å². The Morgan fingerprint density at radius 2 is 2.00 bits per heavy atom. The van der Waals surface area contributed by atoms with Gasteiger partial charge in [0.2, 0.25) is 0 Å². The van der Waals surface area contributed by atoms with Crippen molar-refractivity contribution in [3.05, 3.63) is 30.1 Å². The minimum Gasteiger partial charge on any atom is -0.378 e. The lowest BCUT2D eigenvalue weighted by atomic mass is 10.3. The quantitative estimate of drug-likeness (QED) is 0.804. The van der Waals surface area contributed by atoms with Gasteiger partial charge in [-0.1, -0.05) is 0 Å². The third-order valence-corrected chi connectivity index (χ3v) is 1.56. The van der Waals surface area contributed by atoms with Crippen molar-refractivity contribution in [1.82, 2.24) is 0 Å². The summed E-state index contributed by atoms with van der Waals surface area (Å²) in [6, 6.07) is 5.40. The summed E-state index contributed by atoms with van der Waals surface area (Å²) in [4.78, 5) is 10.6. The van der Waals surface area contributed by atoms with Crippen LogP contribution in [0.4, 0.5) is 14.9 Å². The van der Waals surface area contributed by atoms with E-state index in [1.165, 1.54) is 47.3 Å². The molecule has 0 aliphatic heterocycles. The molecule has 12 heavy (non-hydrogen) atoms. The molecule has 0 aliphatic rings. The molecule has 1 aromatic rings. The molecule has 64 valence electrons. The predicted molar refractivity (Wildman–Crippen MR) is 50.5 cm³/mol. The van der Waals surface area contributed by atoms with Crippen LogP contribution in [0.15, 0.2) is 24.3 Å². The fourth-order valence-electron chi connectivity index (χ4n) is 0.670. The van der Waals surface area contributed by atoms with Crippen LogP contribution in [-0.4, -0.2) is 6.09 Å². The lowest BCUT2D eigenvalue weighted by Crippen LogP contribution is -2.07. The number of amides is 1. The number of carbonyl (C=O) groups is 1. The molecule has 3 nitrogen and oxygen atoms in total. The van der Waals surface area contributed by atoms with Crippen molar-refractivity contribution in [2.45, 2.75) is 0 Å². The molecule has 0 unspecified atom stereocenters. The van der Waals surface area contributed by atoms with Gasteiger partial charge in [-0.3, -0.25) is 5.32 Å². The molecule has 1 N–H and O–H groups in total. The highest BCUT2D eigenvalue weighted by molar-refractivity contribution is 14.1. The first-order valence-electron chi connectivity index (χ1n) is 3.07. The molecule has 1 amide bonds. The summed E-state index contributed by atoms with van der Waals surface area (Å²) < 4.78 is 16.7. The van der Waals surface area contributed by atoms with Crippen molar-refractivity contribution in [1.29, 1.82) is 0 Å². The second-order valence-corrected chi connectivity index (χ2v) is 2.44. The zero-order chi connectivity index (χ0) is 8.97. The van der Waals surface area contributed by atoms with Gasteiger partial charge in [0, 0.05) is 5.69 Å². The molecule has 0 fully saturated rings. The van der Waals surface area contributed by atoms with E-state index in [0.29, 0.717) is 5.69 Å². The summed E-state index contributed by atoms with van der Waals surface area (Å²) in [7, 11) is 0. The largest absolute Gasteiger partial charge is 0.421 e. The number of hydrogen-bond acceptors (Lipinski definition) is 2. The van der Waals surface area contributed by atoms with Crippen molar-refractivity contribution in [3.8, 4) is 0 Å². The highest BCUT2D eigenvalue weighted by Crippen LogP contribution is 2.08. The SMILES string of the molecule is O=C(Nc1ccc(F)cc1)OI. The van der Waals surface area contributed by atoms with Gasteiger partial charge in [-0.15, -0.1) is 0 Å². The second kappa shape index (κ2) is 4.24. The molecule has 0 bridgehead atoms. The first-order valence-corrected chi connectivity index (χ1v) is 3.95. The summed E-state index contributed by atoms with van der Waals surface area (Å²) in [6.07, 6.45) is -0.581. The standard InChI is InChI=1S/C7H5FINO2/c8-5-1-3-6(4-2-5)10-7(11)12-9/h1-4H,(H,10,11). The Balaban J connectivity index is 2.64. The van der Waals surface area contributed by atoms with Crippen LogP contribution in [0, 0.1) is 5.82 Å². The molecule has 1 rings (SSSR count). The summed E-state index contributed by atoms with van der Waals surface area (Å²) in [5, 5.41) is 2.38. The Morgan fingerprint density at radius 1 is 1.42 bits per heavy atom. The lowest BCUT2D eigenvalue weighted by Gasteiger charge is -2.00. The van der Waals surface area contributed by atoms with Gasteiger partial charge in [-0.2, -0.15) is 0 Å². The van der Waals surface area contributed by atoms with E-state index >= 15 is 0 Å². The zero-order valence-electron chi connectivity index (χ0n) is 5.88. The summed E-state index contributed by atoms with van der Waals surface area (Å²) in [5.41, 5.74) is 0.498. The second-order valence-electron chi connectivity index (χ2n) is 2.00. The van der Waals surface area contributed by atoms with Gasteiger partial charge >= 0.3 is 6.09 Å². The van der Waals surface area contributed by atoms with Gasteiger partial charge in [0.1, 0.15) is 5.82 Å². The normalized spacial score (nSPS) is 9.17. The Morgan fingerprint density at radius 3 is 2.50 bits per heavy atom. The van der Waals surface area contributed by atoms with Crippen LogP contribution >= 0.6 is 23.0 Å². The van der Waals surface area contributed by atoms with Crippen molar-refractivity contribution >= 4 is 34.8 Å². The molecule has 0 spiro atoms. The van der Waals surface area contributed by atoms with E-state index in [-0.39, 0.29) is 5.82 Å². The van der Waals surface area contributed by atoms with Crippen LogP contribution in [-0.2, 0) is 3.07 Å². The number of halogens is 2. The smallest absolute Gasteiger partial charge is 0.378 e. The maximum atomic E-state index is 12.4. The summed E-state index contributed by atoms with van der Waals surface area (Å²) in [6.45, 7) is 0. The third-order valence-electron chi connectivity index (χ3n) is 1.16. The molecule has 0 heterocycles. The average molecular weight is 281 g/mol. The van der Waals surface area contributed by atoms with Crippen LogP contribution < -0.4 is 5.32 Å². The van der Waals surface area contributed by atoms with Crippen molar-refractivity contribution in [2.75, 3.05) is 5.32 Å². The first-order chi connectivity index (χ1) is 5.72. The van der Waals surface area contributed by atoms with E-state index in [9.17, 15) is 9.18 Å². The van der Waals surface area contributed by atoms with E-state index in [0.717, 1.165) is 0 Å². The predicted octanol–water partition coefficient (Wildman–Crippen LogP) is 2.72. The molecular weight excluding hydrogens is 276 g/mol. The van der Waals surface area contributed by atoms with Gasteiger partial charge in [-0.25, -0.2) is 9.18 Å². The summed E-state index contributed by atoms with van der Waals surface area (Å²) in [5.74, 6) is -0.344. The first kappa shape index (κ1) is 9.24. The topological polar surface area (TPSA) is 38.3 Å². The van der Waals surface area contributed by atoms with Crippen LogP contribution in [0.5, 0.6) is 0 Å². The zero-order valence-corrected chi connectivity index (χ0v) is 8.04. The molecule has 0 radical (unpaired) electrons.